The van der Waals surface area contributed by atoms with Crippen molar-refractivity contribution in [2.45, 2.75) is 13.3 Å². The molecule has 0 saturated carbocycles. The summed E-state index contributed by atoms with van der Waals surface area (Å²) < 4.78 is 0.891. The maximum absolute atomic E-state index is 12.6. The maximum atomic E-state index is 12.6. The van der Waals surface area contributed by atoms with Gasteiger partial charge in [0.2, 0.25) is 5.91 Å². The van der Waals surface area contributed by atoms with Gasteiger partial charge in [-0.3, -0.25) is 9.69 Å². The van der Waals surface area contributed by atoms with Gasteiger partial charge in [-0.1, -0.05) is 30.3 Å². The Labute approximate surface area is 153 Å². The third kappa shape index (κ3) is 3.88. The number of carbonyl (C=O) groups excluding carboxylic acids is 1. The molecule has 0 aliphatic carbocycles. The summed E-state index contributed by atoms with van der Waals surface area (Å²) in [7, 11) is 0. The van der Waals surface area contributed by atoms with Gasteiger partial charge in [0.1, 0.15) is 10.8 Å². The molecule has 1 amide bonds. The second kappa shape index (κ2) is 7.68. The smallest absolute Gasteiger partial charge is 0.234 e. The predicted octanol–water partition coefficient (Wildman–Crippen LogP) is 4.56. The van der Waals surface area contributed by atoms with Crippen molar-refractivity contribution < 1.29 is 4.79 Å². The first kappa shape index (κ1) is 16.8. The molecule has 4 nitrogen and oxygen atoms in total. The number of halogens is 1. The number of rotatable bonds is 5. The molecule has 2 heterocycles. The first-order chi connectivity index (χ1) is 11.7. The molecule has 0 N–H and O–H groups in total. The minimum atomic E-state index is -0.00256. The maximum Gasteiger partial charge on any atom is 0.234 e. The van der Waals surface area contributed by atoms with Crippen molar-refractivity contribution in [3.05, 3.63) is 64.2 Å². The van der Waals surface area contributed by atoms with Gasteiger partial charge in [0.25, 0.3) is 0 Å². The molecule has 0 aliphatic rings. The van der Waals surface area contributed by atoms with Crippen LogP contribution in [0.3, 0.4) is 0 Å². The number of nitrogens with zero attached hydrogens (tertiary/aromatic N) is 3. The van der Waals surface area contributed by atoms with E-state index in [4.69, 9.17) is 0 Å². The average Bonchev–Trinajstić information content (AvgIpc) is 3.06. The normalized spacial score (nSPS) is 10.6. The zero-order valence-corrected chi connectivity index (χ0v) is 15.5. The summed E-state index contributed by atoms with van der Waals surface area (Å²) in [5.41, 5.74) is 1.86. The van der Waals surface area contributed by atoms with Gasteiger partial charge in [-0.25, -0.2) is 9.97 Å². The summed E-state index contributed by atoms with van der Waals surface area (Å²) in [6, 6.07) is 13.7. The molecule has 6 heteroatoms. The Balaban J connectivity index is 1.74. The van der Waals surface area contributed by atoms with Crippen LogP contribution in [-0.2, 0) is 11.2 Å². The molecule has 0 atom stereocenters. The molecular weight excluding hydrogens is 386 g/mol. The minimum Gasteiger partial charge on any atom is -0.297 e. The van der Waals surface area contributed by atoms with Crippen molar-refractivity contribution in [2.75, 3.05) is 11.4 Å². The van der Waals surface area contributed by atoms with E-state index < -0.39 is 0 Å². The lowest BCUT2D eigenvalue weighted by Gasteiger charge is -2.19. The summed E-state index contributed by atoms with van der Waals surface area (Å²) in [6.07, 6.45) is 1.97. The number of benzene rings is 1. The van der Waals surface area contributed by atoms with Gasteiger partial charge in [-0.15, -0.1) is 11.3 Å². The Morgan fingerprint density at radius 1 is 1.21 bits per heavy atom. The van der Waals surface area contributed by atoms with Crippen molar-refractivity contribution >= 4 is 39.0 Å². The van der Waals surface area contributed by atoms with Crippen molar-refractivity contribution in [1.82, 2.24) is 9.97 Å². The molecule has 0 saturated heterocycles. The van der Waals surface area contributed by atoms with Crippen LogP contribution in [0, 0.1) is 0 Å². The van der Waals surface area contributed by atoms with Gasteiger partial charge in [0.05, 0.1) is 12.1 Å². The van der Waals surface area contributed by atoms with Crippen LogP contribution in [0.4, 0.5) is 5.82 Å². The molecule has 0 aliphatic heterocycles. The van der Waals surface area contributed by atoms with Gasteiger partial charge in [0, 0.05) is 28.2 Å². The van der Waals surface area contributed by atoms with E-state index in [2.05, 4.69) is 25.9 Å². The quantitative estimate of drug-likeness (QED) is 0.629. The average molecular weight is 402 g/mol. The summed E-state index contributed by atoms with van der Waals surface area (Å²) in [4.78, 5) is 23.2. The van der Waals surface area contributed by atoms with Gasteiger partial charge in [-0.2, -0.15) is 0 Å². The number of pyridine rings is 1. The van der Waals surface area contributed by atoms with Crippen molar-refractivity contribution in [1.29, 1.82) is 0 Å². The Morgan fingerprint density at radius 2 is 2.00 bits per heavy atom. The highest BCUT2D eigenvalue weighted by Crippen LogP contribution is 2.24. The largest absolute Gasteiger partial charge is 0.297 e. The van der Waals surface area contributed by atoms with Crippen molar-refractivity contribution in [3.8, 4) is 10.6 Å². The zero-order chi connectivity index (χ0) is 16.9. The summed E-state index contributed by atoms with van der Waals surface area (Å²) >= 11 is 4.92. The van der Waals surface area contributed by atoms with Crippen LogP contribution in [0.15, 0.2) is 58.5 Å². The molecule has 0 spiro atoms. The van der Waals surface area contributed by atoms with Crippen molar-refractivity contribution in [2.24, 2.45) is 0 Å². The molecule has 1 aromatic carbocycles. The Bertz CT molecular complexity index is 818. The summed E-state index contributed by atoms with van der Waals surface area (Å²) in [5.74, 6) is 0.654. The summed E-state index contributed by atoms with van der Waals surface area (Å²) in [5, 5.41) is 2.88. The molecule has 3 rings (SSSR count). The van der Waals surface area contributed by atoms with Crippen LogP contribution in [0.1, 0.15) is 12.6 Å². The van der Waals surface area contributed by atoms with E-state index in [1.165, 1.54) is 0 Å². The fraction of sp³-hybridized carbons (Fsp3) is 0.167. The molecular formula is C18H16BrN3OS. The van der Waals surface area contributed by atoms with E-state index in [0.717, 1.165) is 20.7 Å². The second-order valence-corrected chi connectivity index (χ2v) is 6.93. The van der Waals surface area contributed by atoms with Crippen LogP contribution < -0.4 is 4.90 Å². The Morgan fingerprint density at radius 3 is 2.67 bits per heavy atom. The standard InChI is InChI=1S/C18H16BrN3OS/c1-2-22(16-9-8-14(19)11-20-16)17(23)10-15-12-24-18(21-15)13-6-4-3-5-7-13/h3-9,11-12H,2,10H2,1H3. The molecule has 122 valence electrons. The van der Waals surface area contributed by atoms with Crippen LogP contribution in [0.2, 0.25) is 0 Å². The fourth-order valence-corrected chi connectivity index (χ4v) is 3.41. The van der Waals surface area contributed by atoms with Crippen LogP contribution in [-0.4, -0.2) is 22.4 Å². The van der Waals surface area contributed by atoms with Crippen LogP contribution in [0.25, 0.3) is 10.6 Å². The van der Waals surface area contributed by atoms with E-state index in [-0.39, 0.29) is 12.3 Å². The van der Waals surface area contributed by atoms with Crippen molar-refractivity contribution in [3.63, 3.8) is 0 Å². The Kier molecular flexibility index (Phi) is 5.37. The highest BCUT2D eigenvalue weighted by atomic mass is 79.9. The number of hydrogen-bond donors (Lipinski definition) is 0. The number of likely N-dealkylation sites (N-methyl/N-ethyl adjacent to an activating group) is 1. The lowest BCUT2D eigenvalue weighted by molar-refractivity contribution is -0.118. The van der Waals surface area contributed by atoms with Gasteiger partial charge < -0.3 is 0 Å². The predicted molar refractivity (Wildman–Crippen MR) is 101 cm³/mol. The van der Waals surface area contributed by atoms with Gasteiger partial charge in [-0.05, 0) is 35.0 Å². The Hall–Kier alpha value is -2.05. The zero-order valence-electron chi connectivity index (χ0n) is 13.1. The molecule has 0 unspecified atom stereocenters. The number of aromatic nitrogens is 2. The van der Waals surface area contributed by atoms with E-state index >= 15 is 0 Å². The number of anilines is 1. The second-order valence-electron chi connectivity index (χ2n) is 5.16. The highest BCUT2D eigenvalue weighted by molar-refractivity contribution is 9.10. The van der Waals surface area contributed by atoms with Crippen LogP contribution in [0.5, 0.6) is 0 Å². The third-order valence-electron chi connectivity index (χ3n) is 3.51. The molecule has 0 radical (unpaired) electrons. The number of carbonyl (C=O) groups is 1. The molecule has 24 heavy (non-hydrogen) atoms. The van der Waals surface area contributed by atoms with E-state index in [9.17, 15) is 4.79 Å². The van der Waals surface area contributed by atoms with Gasteiger partial charge >= 0.3 is 0 Å². The lowest BCUT2D eigenvalue weighted by Crippen LogP contribution is -2.32. The third-order valence-corrected chi connectivity index (χ3v) is 4.92. The number of hydrogen-bond acceptors (Lipinski definition) is 4. The van der Waals surface area contributed by atoms with Crippen LogP contribution >= 0.6 is 27.3 Å². The topological polar surface area (TPSA) is 46.1 Å². The van der Waals surface area contributed by atoms with E-state index in [1.807, 2.05) is 54.8 Å². The lowest BCUT2D eigenvalue weighted by atomic mass is 10.2. The molecule has 3 aromatic rings. The number of amides is 1. The SMILES string of the molecule is CCN(C(=O)Cc1csc(-c2ccccc2)n1)c1ccc(Br)cn1. The first-order valence-corrected chi connectivity index (χ1v) is 9.26. The monoisotopic (exact) mass is 401 g/mol. The highest BCUT2D eigenvalue weighted by Gasteiger charge is 2.17. The fourth-order valence-electron chi connectivity index (χ4n) is 2.35. The molecule has 0 fully saturated rings. The first-order valence-electron chi connectivity index (χ1n) is 7.59. The molecule has 2 aromatic heterocycles. The van der Waals surface area contributed by atoms with E-state index in [0.29, 0.717) is 12.4 Å². The number of thiazole rings is 1. The molecule has 0 bridgehead atoms. The van der Waals surface area contributed by atoms with E-state index in [1.54, 1.807) is 22.4 Å². The minimum absolute atomic E-state index is 0.00256. The summed E-state index contributed by atoms with van der Waals surface area (Å²) in [6.45, 7) is 2.52. The van der Waals surface area contributed by atoms with Gasteiger partial charge in [0.15, 0.2) is 0 Å².